The normalized spacial score (nSPS) is 17.3. The van der Waals surface area contributed by atoms with Crippen LogP contribution in [0.25, 0.3) is 0 Å². The summed E-state index contributed by atoms with van der Waals surface area (Å²) >= 11 is 0. The summed E-state index contributed by atoms with van der Waals surface area (Å²) in [6, 6.07) is 3.75. The van der Waals surface area contributed by atoms with Gasteiger partial charge < -0.3 is 15.1 Å². The van der Waals surface area contributed by atoms with E-state index in [1.807, 2.05) is 17.0 Å². The molecule has 1 aliphatic carbocycles. The lowest BCUT2D eigenvalue weighted by atomic mass is 10.1. The summed E-state index contributed by atoms with van der Waals surface area (Å²) in [5.41, 5.74) is 6.08. The Hall–Kier alpha value is -1.29. The van der Waals surface area contributed by atoms with Crippen LogP contribution in [0, 0.1) is 0 Å². The van der Waals surface area contributed by atoms with Gasteiger partial charge in [0.15, 0.2) is 0 Å². The highest BCUT2D eigenvalue weighted by atomic mass is 16.3. The minimum Gasteiger partial charge on any atom is -0.467 e. The predicted octanol–water partition coefficient (Wildman–Crippen LogP) is 3.07. The average Bonchev–Trinajstić information content (AvgIpc) is 3.13. The Morgan fingerprint density at radius 3 is 2.85 bits per heavy atom. The first-order valence-corrected chi connectivity index (χ1v) is 7.80. The van der Waals surface area contributed by atoms with Crippen LogP contribution >= 0.6 is 0 Å². The molecule has 0 bridgehead atoms. The number of nitrogens with two attached hydrogens (primary N) is 1. The molecule has 4 nitrogen and oxygen atoms in total. The smallest absolute Gasteiger partial charge is 0.240 e. The molecule has 1 saturated carbocycles. The zero-order chi connectivity index (χ0) is 14.4. The second-order valence-electron chi connectivity index (χ2n) is 5.73. The van der Waals surface area contributed by atoms with Gasteiger partial charge in [-0.2, -0.15) is 0 Å². The highest BCUT2D eigenvalue weighted by molar-refractivity contribution is 5.81. The van der Waals surface area contributed by atoms with E-state index in [9.17, 15) is 4.79 Å². The summed E-state index contributed by atoms with van der Waals surface area (Å²) in [7, 11) is 0. The number of unbranched alkanes of at least 4 members (excludes halogenated alkanes) is 1. The number of amides is 1. The average molecular weight is 278 g/mol. The number of carbonyl (C=O) groups is 1. The fraction of sp³-hybridized carbons (Fsp3) is 0.688. The molecule has 0 aliphatic heterocycles. The monoisotopic (exact) mass is 278 g/mol. The third-order valence-electron chi connectivity index (χ3n) is 4.14. The minimum absolute atomic E-state index is 0.0850. The predicted molar refractivity (Wildman–Crippen MR) is 79.0 cm³/mol. The van der Waals surface area contributed by atoms with E-state index in [0.29, 0.717) is 12.6 Å². The van der Waals surface area contributed by atoms with Gasteiger partial charge in [-0.05, 0) is 31.4 Å². The quantitative estimate of drug-likeness (QED) is 0.834. The van der Waals surface area contributed by atoms with Gasteiger partial charge in [0.05, 0.1) is 18.8 Å². The Morgan fingerprint density at radius 1 is 1.50 bits per heavy atom. The van der Waals surface area contributed by atoms with Crippen molar-refractivity contribution >= 4 is 5.91 Å². The Morgan fingerprint density at radius 2 is 2.25 bits per heavy atom. The van der Waals surface area contributed by atoms with Gasteiger partial charge in [0.1, 0.15) is 5.76 Å². The van der Waals surface area contributed by atoms with Crippen molar-refractivity contribution in [1.29, 1.82) is 0 Å². The molecule has 2 N–H and O–H groups in total. The lowest BCUT2D eigenvalue weighted by Gasteiger charge is -2.30. The van der Waals surface area contributed by atoms with E-state index < -0.39 is 0 Å². The molecule has 4 heteroatoms. The summed E-state index contributed by atoms with van der Waals surface area (Å²) in [6.45, 7) is 2.67. The first-order valence-electron chi connectivity index (χ1n) is 7.80. The van der Waals surface area contributed by atoms with Crippen LogP contribution in [-0.2, 0) is 11.3 Å². The van der Waals surface area contributed by atoms with Crippen LogP contribution in [0.15, 0.2) is 22.8 Å². The van der Waals surface area contributed by atoms with Crippen molar-refractivity contribution in [2.24, 2.45) is 5.73 Å². The van der Waals surface area contributed by atoms with Crippen molar-refractivity contribution in [1.82, 2.24) is 4.90 Å². The molecule has 1 heterocycles. The molecule has 1 aromatic rings. The SMILES string of the molecule is CCCC[C@H](N)C(=O)N(Cc1ccco1)C1CCCC1. The number of rotatable bonds is 7. The summed E-state index contributed by atoms with van der Waals surface area (Å²) in [6.07, 6.45) is 9.10. The molecular formula is C16H26N2O2. The highest BCUT2D eigenvalue weighted by Crippen LogP contribution is 2.26. The van der Waals surface area contributed by atoms with E-state index in [0.717, 1.165) is 37.9 Å². The summed E-state index contributed by atoms with van der Waals surface area (Å²) in [5.74, 6) is 0.926. The number of hydrogen-bond acceptors (Lipinski definition) is 3. The first kappa shape index (κ1) is 15.1. The Balaban J connectivity index is 2.02. The van der Waals surface area contributed by atoms with E-state index in [2.05, 4.69) is 6.92 Å². The summed E-state index contributed by atoms with van der Waals surface area (Å²) < 4.78 is 5.40. The third-order valence-corrected chi connectivity index (χ3v) is 4.14. The maximum Gasteiger partial charge on any atom is 0.240 e. The van der Waals surface area contributed by atoms with Gasteiger partial charge in [-0.15, -0.1) is 0 Å². The molecule has 0 unspecified atom stereocenters. The van der Waals surface area contributed by atoms with Crippen molar-refractivity contribution in [2.45, 2.75) is 70.5 Å². The van der Waals surface area contributed by atoms with Crippen LogP contribution in [0.5, 0.6) is 0 Å². The molecule has 112 valence electrons. The van der Waals surface area contributed by atoms with Gasteiger partial charge in [0.25, 0.3) is 0 Å². The molecule has 1 aliphatic rings. The summed E-state index contributed by atoms with van der Waals surface area (Å²) in [4.78, 5) is 14.6. The van der Waals surface area contributed by atoms with E-state index >= 15 is 0 Å². The highest BCUT2D eigenvalue weighted by Gasteiger charge is 2.30. The molecule has 0 aromatic carbocycles. The zero-order valence-corrected chi connectivity index (χ0v) is 12.4. The Kier molecular flexibility index (Phi) is 5.65. The van der Waals surface area contributed by atoms with Crippen LogP contribution in [-0.4, -0.2) is 22.9 Å². The molecule has 1 aromatic heterocycles. The molecule has 1 atom stereocenters. The van der Waals surface area contributed by atoms with E-state index in [4.69, 9.17) is 10.2 Å². The fourth-order valence-electron chi connectivity index (χ4n) is 2.93. The van der Waals surface area contributed by atoms with E-state index in [1.165, 1.54) is 12.8 Å². The molecular weight excluding hydrogens is 252 g/mol. The van der Waals surface area contributed by atoms with Crippen molar-refractivity contribution in [3.05, 3.63) is 24.2 Å². The topological polar surface area (TPSA) is 59.5 Å². The van der Waals surface area contributed by atoms with Crippen molar-refractivity contribution in [2.75, 3.05) is 0 Å². The molecule has 20 heavy (non-hydrogen) atoms. The van der Waals surface area contributed by atoms with Gasteiger partial charge in [-0.1, -0.05) is 32.6 Å². The second kappa shape index (κ2) is 7.48. The Labute approximate surface area is 121 Å². The Bertz CT molecular complexity index is 397. The van der Waals surface area contributed by atoms with Gasteiger partial charge in [0.2, 0.25) is 5.91 Å². The van der Waals surface area contributed by atoms with Gasteiger partial charge in [-0.3, -0.25) is 4.79 Å². The molecule has 0 radical (unpaired) electrons. The van der Waals surface area contributed by atoms with Crippen molar-refractivity contribution in [3.8, 4) is 0 Å². The van der Waals surface area contributed by atoms with Crippen LogP contribution in [0.1, 0.15) is 57.6 Å². The second-order valence-corrected chi connectivity index (χ2v) is 5.73. The lowest BCUT2D eigenvalue weighted by Crippen LogP contribution is -2.47. The van der Waals surface area contributed by atoms with Crippen LogP contribution < -0.4 is 5.73 Å². The molecule has 2 rings (SSSR count). The number of furan rings is 1. The van der Waals surface area contributed by atoms with Crippen LogP contribution in [0.2, 0.25) is 0 Å². The minimum atomic E-state index is -0.370. The molecule has 0 spiro atoms. The maximum absolute atomic E-state index is 12.6. The van der Waals surface area contributed by atoms with Gasteiger partial charge in [-0.25, -0.2) is 0 Å². The van der Waals surface area contributed by atoms with Crippen LogP contribution in [0.4, 0.5) is 0 Å². The molecule has 1 amide bonds. The standard InChI is InChI=1S/C16H26N2O2/c1-2-3-10-15(17)16(19)18(13-7-4-5-8-13)12-14-9-6-11-20-14/h6,9,11,13,15H,2-5,7-8,10,12,17H2,1H3/t15-/m0/s1. The van der Waals surface area contributed by atoms with E-state index in [-0.39, 0.29) is 11.9 Å². The number of hydrogen-bond donors (Lipinski definition) is 1. The maximum atomic E-state index is 12.6. The van der Waals surface area contributed by atoms with Crippen molar-refractivity contribution < 1.29 is 9.21 Å². The molecule has 1 fully saturated rings. The van der Waals surface area contributed by atoms with E-state index in [1.54, 1.807) is 6.26 Å². The van der Waals surface area contributed by atoms with Crippen LogP contribution in [0.3, 0.4) is 0 Å². The third kappa shape index (κ3) is 3.85. The van der Waals surface area contributed by atoms with Crippen molar-refractivity contribution in [3.63, 3.8) is 0 Å². The first-order chi connectivity index (χ1) is 9.72. The molecule has 0 saturated heterocycles. The number of carbonyl (C=O) groups excluding carboxylic acids is 1. The summed E-state index contributed by atoms with van der Waals surface area (Å²) in [5, 5.41) is 0. The number of nitrogens with zero attached hydrogens (tertiary/aromatic N) is 1. The van der Waals surface area contributed by atoms with Gasteiger partial charge in [0, 0.05) is 6.04 Å². The zero-order valence-electron chi connectivity index (χ0n) is 12.4. The fourth-order valence-corrected chi connectivity index (χ4v) is 2.93. The largest absolute Gasteiger partial charge is 0.467 e. The van der Waals surface area contributed by atoms with Gasteiger partial charge >= 0.3 is 0 Å². The lowest BCUT2D eigenvalue weighted by molar-refractivity contribution is -0.136.